The highest BCUT2D eigenvalue weighted by atomic mass is 15.2. The van der Waals surface area contributed by atoms with Crippen LogP contribution >= 0.6 is 0 Å². The lowest BCUT2D eigenvalue weighted by Crippen LogP contribution is -2.23. The van der Waals surface area contributed by atoms with E-state index in [1.165, 1.54) is 6.42 Å². The van der Waals surface area contributed by atoms with Gasteiger partial charge in [0.1, 0.15) is 0 Å². The Hall–Kier alpha value is 0. The quantitative estimate of drug-likeness (QED) is 0.591. The maximum atomic E-state index is 2.59. The van der Waals surface area contributed by atoms with Crippen LogP contribution < -0.4 is 0 Å². The van der Waals surface area contributed by atoms with E-state index in [0.29, 0.717) is 16.2 Å². The first-order chi connectivity index (χ1) is 6.20. The molecule has 0 bridgehead atoms. The molecule has 0 nitrogen and oxygen atoms in total. The zero-order valence-corrected chi connectivity index (χ0v) is 10.4. The average molecular weight is 190 g/mol. The second-order valence-electron chi connectivity index (χ2n) is 8.14. The van der Waals surface area contributed by atoms with Gasteiger partial charge in [-0.15, -0.1) is 0 Å². The molecule has 4 aliphatic rings. The fraction of sp³-hybridized carbons (Fsp3) is 1.00. The zero-order chi connectivity index (χ0) is 10.4. The second kappa shape index (κ2) is 1.37. The van der Waals surface area contributed by atoms with Gasteiger partial charge in [-0.05, 0) is 45.3 Å². The van der Waals surface area contributed by atoms with Gasteiger partial charge in [0.25, 0.3) is 0 Å². The molecule has 0 heterocycles. The Kier molecular flexibility index (Phi) is 0.800. The molecule has 1 spiro atoms. The Morgan fingerprint density at radius 1 is 0.857 bits per heavy atom. The van der Waals surface area contributed by atoms with Crippen molar-refractivity contribution >= 4 is 0 Å². The van der Waals surface area contributed by atoms with E-state index < -0.39 is 0 Å². The van der Waals surface area contributed by atoms with E-state index in [4.69, 9.17) is 0 Å². The highest BCUT2D eigenvalue weighted by molar-refractivity contribution is 5.60. The van der Waals surface area contributed by atoms with Gasteiger partial charge in [-0.25, -0.2) is 0 Å². The van der Waals surface area contributed by atoms with Gasteiger partial charge < -0.3 is 0 Å². The largest absolute Gasteiger partial charge is 0.0593 e. The Balaban J connectivity index is 1.73. The lowest BCUT2D eigenvalue weighted by atomic mass is 9.76. The third-order valence-corrected chi connectivity index (χ3v) is 7.67. The van der Waals surface area contributed by atoms with Gasteiger partial charge in [-0.3, -0.25) is 0 Å². The topological polar surface area (TPSA) is 0 Å². The van der Waals surface area contributed by atoms with E-state index in [0.717, 1.165) is 22.7 Å². The molecule has 14 heavy (non-hydrogen) atoms. The van der Waals surface area contributed by atoms with Gasteiger partial charge in [0.2, 0.25) is 0 Å². The van der Waals surface area contributed by atoms with Crippen LogP contribution in [0.5, 0.6) is 0 Å². The Morgan fingerprint density at radius 3 is 1.57 bits per heavy atom. The van der Waals surface area contributed by atoms with Crippen LogP contribution in [0.2, 0.25) is 0 Å². The van der Waals surface area contributed by atoms with Crippen LogP contribution in [0.3, 0.4) is 0 Å². The molecule has 4 rings (SSSR count). The minimum Gasteiger partial charge on any atom is -0.0593 e. The maximum Gasteiger partial charge on any atom is -0.0107 e. The first-order valence-electron chi connectivity index (χ1n) is 6.20. The summed E-state index contributed by atoms with van der Waals surface area (Å²) in [7, 11) is 0. The van der Waals surface area contributed by atoms with E-state index in [1.807, 2.05) is 0 Å². The highest BCUT2D eigenvalue weighted by Crippen LogP contribution is 3.17. The summed E-state index contributed by atoms with van der Waals surface area (Å²) in [6.07, 6.45) is 1.47. The SMILES string of the molecule is CC1(C)CC1(C)C1(C)C2C3C(C)(C)C321. The lowest BCUT2D eigenvalue weighted by molar-refractivity contribution is 0.189. The van der Waals surface area contributed by atoms with Crippen molar-refractivity contribution in [1.82, 2.24) is 0 Å². The van der Waals surface area contributed by atoms with Crippen molar-refractivity contribution in [3.05, 3.63) is 0 Å². The summed E-state index contributed by atoms with van der Waals surface area (Å²) in [5.74, 6) is 2.27. The van der Waals surface area contributed by atoms with Crippen LogP contribution in [0.4, 0.5) is 0 Å². The normalized spacial score (nSPS) is 73.3. The van der Waals surface area contributed by atoms with Gasteiger partial charge in [0.05, 0.1) is 0 Å². The van der Waals surface area contributed by atoms with Crippen molar-refractivity contribution < 1.29 is 0 Å². The van der Waals surface area contributed by atoms with Crippen LogP contribution in [0.1, 0.15) is 48.0 Å². The van der Waals surface area contributed by atoms with Crippen LogP contribution in [0, 0.1) is 38.9 Å². The van der Waals surface area contributed by atoms with E-state index in [2.05, 4.69) is 41.5 Å². The average Bonchev–Trinajstić information content (AvgIpc) is 2.87. The van der Waals surface area contributed by atoms with Crippen molar-refractivity contribution in [2.75, 3.05) is 0 Å². The number of hydrogen-bond acceptors (Lipinski definition) is 0. The second-order valence-corrected chi connectivity index (χ2v) is 8.14. The molecular formula is C14H22. The molecule has 4 fully saturated rings. The molecule has 0 aliphatic heterocycles. The van der Waals surface area contributed by atoms with Crippen LogP contribution in [-0.2, 0) is 0 Å². The number of hydrogen-bond donors (Lipinski definition) is 0. The van der Waals surface area contributed by atoms with E-state index in [9.17, 15) is 0 Å². The summed E-state index contributed by atoms with van der Waals surface area (Å²) < 4.78 is 0. The minimum atomic E-state index is 0.632. The number of fused-ring (bicyclic) bond motifs is 1. The first-order valence-corrected chi connectivity index (χ1v) is 6.20. The Labute approximate surface area is 87.5 Å². The van der Waals surface area contributed by atoms with Crippen molar-refractivity contribution in [3.8, 4) is 0 Å². The third-order valence-electron chi connectivity index (χ3n) is 7.67. The molecule has 5 unspecified atom stereocenters. The molecule has 5 atom stereocenters. The maximum absolute atomic E-state index is 2.59. The highest BCUT2D eigenvalue weighted by Gasteiger charge is 3.14. The molecule has 4 aliphatic carbocycles. The molecule has 0 aromatic heterocycles. The van der Waals surface area contributed by atoms with Crippen molar-refractivity contribution in [1.29, 1.82) is 0 Å². The zero-order valence-electron chi connectivity index (χ0n) is 10.4. The molecule has 0 radical (unpaired) electrons. The van der Waals surface area contributed by atoms with E-state index >= 15 is 0 Å². The third kappa shape index (κ3) is 0.378. The molecule has 78 valence electrons. The van der Waals surface area contributed by atoms with Crippen molar-refractivity contribution in [3.63, 3.8) is 0 Å². The van der Waals surface area contributed by atoms with Gasteiger partial charge in [-0.2, -0.15) is 0 Å². The predicted octanol–water partition coefficient (Wildman–Crippen LogP) is 3.71. The molecule has 0 N–H and O–H groups in total. The summed E-state index contributed by atoms with van der Waals surface area (Å²) in [5.41, 5.74) is 3.59. The van der Waals surface area contributed by atoms with Gasteiger partial charge in [0, 0.05) is 0 Å². The fourth-order valence-corrected chi connectivity index (χ4v) is 6.38. The molecule has 0 heteroatoms. The lowest BCUT2D eigenvalue weighted by Gasteiger charge is -2.28. The smallest absolute Gasteiger partial charge is 0.0107 e. The summed E-state index contributed by atoms with van der Waals surface area (Å²) in [5, 5.41) is 0. The van der Waals surface area contributed by atoms with Gasteiger partial charge in [-0.1, -0.05) is 41.5 Å². The summed E-state index contributed by atoms with van der Waals surface area (Å²) in [4.78, 5) is 0. The molecule has 4 saturated carbocycles. The Morgan fingerprint density at radius 2 is 1.36 bits per heavy atom. The first kappa shape index (κ1) is 8.19. The summed E-state index contributed by atoms with van der Waals surface area (Å²) in [6.45, 7) is 15.1. The molecule has 0 amide bonds. The standard InChI is InChI=1S/C14H22/c1-10(2)7-12(10,5)13(6)9-8-11(3,4)14(8,9)13/h8-9H,7H2,1-6H3. The summed E-state index contributed by atoms with van der Waals surface area (Å²) >= 11 is 0. The predicted molar refractivity (Wildman–Crippen MR) is 57.8 cm³/mol. The molecule has 0 aromatic rings. The molecule has 0 aromatic carbocycles. The van der Waals surface area contributed by atoms with Crippen LogP contribution in [0.15, 0.2) is 0 Å². The Bertz CT molecular complexity index is 377. The van der Waals surface area contributed by atoms with Crippen molar-refractivity contribution in [2.45, 2.75) is 48.0 Å². The monoisotopic (exact) mass is 190 g/mol. The minimum absolute atomic E-state index is 0.632. The molecule has 0 saturated heterocycles. The molecular weight excluding hydrogens is 168 g/mol. The van der Waals surface area contributed by atoms with Crippen LogP contribution in [-0.4, -0.2) is 0 Å². The van der Waals surface area contributed by atoms with Crippen LogP contribution in [0.25, 0.3) is 0 Å². The fourth-order valence-electron chi connectivity index (χ4n) is 6.38. The summed E-state index contributed by atoms with van der Waals surface area (Å²) in [6, 6.07) is 0. The van der Waals surface area contributed by atoms with E-state index in [-0.39, 0.29) is 0 Å². The van der Waals surface area contributed by atoms with E-state index in [1.54, 1.807) is 0 Å². The van der Waals surface area contributed by atoms with Gasteiger partial charge in [0.15, 0.2) is 0 Å². The van der Waals surface area contributed by atoms with Crippen molar-refractivity contribution in [2.24, 2.45) is 38.9 Å². The van der Waals surface area contributed by atoms with Gasteiger partial charge >= 0.3 is 0 Å². The number of rotatable bonds is 1.